The van der Waals surface area contributed by atoms with Gasteiger partial charge in [0.1, 0.15) is 53.7 Å². The Labute approximate surface area is 492 Å². The van der Waals surface area contributed by atoms with Gasteiger partial charge in [0, 0.05) is 12.6 Å². The fourth-order valence-corrected chi connectivity index (χ4v) is 16.1. The van der Waals surface area contributed by atoms with Gasteiger partial charge in [-0.25, -0.2) is 8.78 Å². The van der Waals surface area contributed by atoms with Crippen molar-refractivity contribution in [1.29, 1.82) is 0 Å². The number of β-lactam (4-membered cyclic amide) rings is 1. The quantitative estimate of drug-likeness (QED) is 0.0329. The van der Waals surface area contributed by atoms with Crippen molar-refractivity contribution in [2.45, 2.75) is 108 Å². The molecule has 0 N–H and O–H groups in total. The van der Waals surface area contributed by atoms with Gasteiger partial charge in [-0.2, -0.15) is 0 Å². The molecule has 0 bridgehead atoms. The van der Waals surface area contributed by atoms with E-state index in [1.807, 2.05) is 121 Å². The van der Waals surface area contributed by atoms with Gasteiger partial charge in [0.15, 0.2) is 0 Å². The number of hydrogen-bond donors (Lipinski definition) is 0. The van der Waals surface area contributed by atoms with E-state index in [-0.39, 0.29) is 37.4 Å². The second-order valence-corrected chi connectivity index (χ2v) is 26.6. The molecule has 2 aliphatic heterocycles. The highest BCUT2D eigenvalue weighted by molar-refractivity contribution is 6.99. The number of hydrogen-bond acceptors (Lipinski definition) is 10. The smallest absolute Gasteiger partial charge is 0.303 e. The molecule has 0 saturated carbocycles. The molecule has 0 aliphatic carbocycles. The number of halogens is 2. The lowest BCUT2D eigenvalue weighted by Gasteiger charge is -2.48. The highest BCUT2D eigenvalue weighted by Crippen LogP contribution is 2.47. The van der Waals surface area contributed by atoms with Crippen LogP contribution in [0.4, 0.5) is 14.5 Å². The number of anilines is 1. The van der Waals surface area contributed by atoms with Gasteiger partial charge in [0.05, 0.1) is 45.5 Å². The minimum absolute atomic E-state index is 0.0890. The predicted octanol–water partition coefficient (Wildman–Crippen LogP) is 13.2. The zero-order valence-electron chi connectivity index (χ0n) is 47.9. The van der Waals surface area contributed by atoms with Crippen LogP contribution in [0, 0.1) is 17.6 Å². The Morgan fingerprint density at radius 3 is 1.61 bits per heavy atom. The number of carbonyl (C=O) groups excluding carboxylic acids is 2. The molecule has 84 heavy (non-hydrogen) atoms. The second kappa shape index (κ2) is 27.3. The standard InChI is InChI=1S/C70H71F2NO10Si/c1-48(74)81-62(52-28-32-54(71)33-29-52)43-42-61-64(73(68(61)75)56-36-34-55(72)35-37-56)53-30-40-58(41-31-53)82-69-67(79-45-50-20-12-7-13-21-50)66(78-44-49-18-10-6-11-19-49)65(77-46-51-26-38-57(76-5)39-27-51)63(83-69)47-80-84(70(2,3)4,59-22-14-8-15-23-59)60-24-16-9-17-25-60/h6-41,61-67,69H,42-47H2,1-5H3/t61-,62+,63-,64-,65-,66+,67-,69-/m1/s1. The van der Waals surface area contributed by atoms with Gasteiger partial charge < -0.3 is 42.5 Å². The minimum Gasteiger partial charge on any atom is -0.497 e. The number of methoxy groups -OCH3 is 1. The molecule has 2 fully saturated rings. The minimum atomic E-state index is -3.17. The number of benzene rings is 8. The lowest BCUT2D eigenvalue weighted by molar-refractivity contribution is -0.307. The first kappa shape index (κ1) is 59.3. The lowest BCUT2D eigenvalue weighted by atomic mass is 9.78. The van der Waals surface area contributed by atoms with Crippen molar-refractivity contribution in [3.05, 3.63) is 258 Å². The molecule has 434 valence electrons. The molecule has 8 aromatic rings. The van der Waals surface area contributed by atoms with Gasteiger partial charge in [-0.3, -0.25) is 9.59 Å². The molecule has 8 aromatic carbocycles. The van der Waals surface area contributed by atoms with Gasteiger partial charge in [-0.1, -0.05) is 178 Å². The van der Waals surface area contributed by atoms with Crippen LogP contribution in [0.15, 0.2) is 218 Å². The summed E-state index contributed by atoms with van der Waals surface area (Å²) in [6, 6.07) is 67.2. The summed E-state index contributed by atoms with van der Waals surface area (Å²) in [6.45, 7) is 8.75. The van der Waals surface area contributed by atoms with Gasteiger partial charge in [-0.05, 0) is 117 Å². The number of ether oxygens (including phenoxy) is 7. The van der Waals surface area contributed by atoms with E-state index in [4.69, 9.17) is 37.6 Å². The first-order chi connectivity index (χ1) is 40.8. The summed E-state index contributed by atoms with van der Waals surface area (Å²) in [6.07, 6.45) is -4.43. The fourth-order valence-electron chi connectivity index (χ4n) is 11.6. The van der Waals surface area contributed by atoms with E-state index in [0.29, 0.717) is 29.8 Å². The van der Waals surface area contributed by atoms with E-state index in [1.165, 1.54) is 31.2 Å². The van der Waals surface area contributed by atoms with Crippen molar-refractivity contribution in [2.75, 3.05) is 18.6 Å². The fraction of sp³-hybridized carbons (Fsp3) is 0.286. The summed E-state index contributed by atoms with van der Waals surface area (Å²) in [4.78, 5) is 28.3. The first-order valence-corrected chi connectivity index (χ1v) is 30.4. The Bertz CT molecular complexity index is 3320. The highest BCUT2D eigenvalue weighted by atomic mass is 28.4. The molecule has 8 atom stereocenters. The third-order valence-corrected chi connectivity index (χ3v) is 20.7. The molecule has 0 spiro atoms. The van der Waals surface area contributed by atoms with Crippen molar-refractivity contribution in [3.8, 4) is 11.5 Å². The zero-order chi connectivity index (χ0) is 58.6. The van der Waals surface area contributed by atoms with Crippen molar-refractivity contribution in [1.82, 2.24) is 0 Å². The average molecular weight is 1150 g/mol. The molecule has 2 saturated heterocycles. The molecule has 1 amide bonds. The van der Waals surface area contributed by atoms with Crippen LogP contribution >= 0.6 is 0 Å². The summed E-state index contributed by atoms with van der Waals surface area (Å²) < 4.78 is 83.0. The van der Waals surface area contributed by atoms with E-state index in [9.17, 15) is 18.4 Å². The molecule has 10 rings (SSSR count). The monoisotopic (exact) mass is 1150 g/mol. The van der Waals surface area contributed by atoms with E-state index < -0.39 is 74.7 Å². The SMILES string of the molecule is COc1ccc(CO[C@H]2[C@H](OCc3ccccc3)[C@@H](OCc3ccccc3)[C@H](Oc3ccc([C@@H]4[C@@H](CC[C@H](OC(C)=O)c5ccc(F)cc5)C(=O)N4c4ccc(F)cc4)cc3)O[C@@H]2CO[Si](c2ccccc2)(c2ccccc2)C(C)(C)C)cc1. The number of carbonyl (C=O) groups is 2. The molecule has 2 aliphatic rings. The van der Waals surface area contributed by atoms with Crippen LogP contribution in [0.5, 0.6) is 11.5 Å². The van der Waals surface area contributed by atoms with Gasteiger partial charge in [-0.15, -0.1) is 0 Å². The highest BCUT2D eigenvalue weighted by Gasteiger charge is 2.54. The molecule has 14 heteroatoms. The Hall–Kier alpha value is -7.82. The third-order valence-electron chi connectivity index (χ3n) is 15.7. The Morgan fingerprint density at radius 1 is 0.595 bits per heavy atom. The molecule has 0 radical (unpaired) electrons. The van der Waals surface area contributed by atoms with E-state index >= 15 is 0 Å². The summed E-state index contributed by atoms with van der Waals surface area (Å²) in [5.41, 5.74) is 4.73. The summed E-state index contributed by atoms with van der Waals surface area (Å²) in [5.74, 6) is -0.891. The molecule has 0 aromatic heterocycles. The summed E-state index contributed by atoms with van der Waals surface area (Å²) in [5, 5.41) is 1.85. The Morgan fingerprint density at radius 2 is 1.08 bits per heavy atom. The molecule has 11 nitrogen and oxygen atoms in total. The largest absolute Gasteiger partial charge is 0.497 e. The normalized spacial score (nSPS) is 20.2. The zero-order valence-corrected chi connectivity index (χ0v) is 48.9. The maximum Gasteiger partial charge on any atom is 0.303 e. The number of amides is 1. The second-order valence-electron chi connectivity index (χ2n) is 22.3. The van der Waals surface area contributed by atoms with E-state index in [2.05, 4.69) is 69.3 Å². The predicted molar refractivity (Wildman–Crippen MR) is 321 cm³/mol. The van der Waals surface area contributed by atoms with Crippen LogP contribution in [0.2, 0.25) is 5.04 Å². The maximum atomic E-state index is 14.3. The van der Waals surface area contributed by atoms with E-state index in [0.717, 1.165) is 38.4 Å². The van der Waals surface area contributed by atoms with E-state index in [1.54, 1.807) is 36.3 Å². The number of nitrogens with zero attached hydrogens (tertiary/aromatic N) is 1. The Balaban J connectivity index is 1.02. The average Bonchev–Trinajstić information content (AvgIpc) is 1.03. The lowest BCUT2D eigenvalue weighted by Crippen LogP contribution is -2.68. The number of esters is 1. The third kappa shape index (κ3) is 13.9. The summed E-state index contributed by atoms with van der Waals surface area (Å²) >= 11 is 0. The van der Waals surface area contributed by atoms with Crippen LogP contribution < -0.4 is 24.7 Å². The van der Waals surface area contributed by atoms with Crippen molar-refractivity contribution < 1.29 is 56.0 Å². The van der Waals surface area contributed by atoms with Crippen molar-refractivity contribution in [2.24, 2.45) is 5.92 Å². The van der Waals surface area contributed by atoms with Gasteiger partial charge in [0.25, 0.3) is 8.32 Å². The number of rotatable bonds is 24. The van der Waals surface area contributed by atoms with Crippen LogP contribution in [0.25, 0.3) is 0 Å². The van der Waals surface area contributed by atoms with Crippen LogP contribution in [-0.4, -0.2) is 64.6 Å². The molecular weight excluding hydrogens is 1080 g/mol. The summed E-state index contributed by atoms with van der Waals surface area (Å²) in [7, 11) is -1.53. The van der Waals surface area contributed by atoms with Gasteiger partial charge in [0.2, 0.25) is 12.2 Å². The van der Waals surface area contributed by atoms with Crippen LogP contribution in [0.1, 0.15) is 80.5 Å². The van der Waals surface area contributed by atoms with Crippen molar-refractivity contribution in [3.63, 3.8) is 0 Å². The molecular formula is C70H71F2NO10Si. The topological polar surface area (TPSA) is 111 Å². The first-order valence-electron chi connectivity index (χ1n) is 28.5. The maximum absolute atomic E-state index is 14.3. The Kier molecular flexibility index (Phi) is 19.3. The van der Waals surface area contributed by atoms with Crippen LogP contribution in [-0.2, 0) is 57.5 Å². The van der Waals surface area contributed by atoms with Crippen molar-refractivity contribution >= 4 is 36.3 Å². The molecule has 0 unspecified atom stereocenters. The molecule has 2 heterocycles. The van der Waals surface area contributed by atoms with Crippen LogP contribution in [0.3, 0.4) is 0 Å². The van der Waals surface area contributed by atoms with Gasteiger partial charge >= 0.3 is 5.97 Å².